The standard InChI is InChI=1S/C23H39ClN7O10P3/c1-4-15(5-2)11-38-22(34)14(3)30-43(35,39-9-8-26-17(32)10-24)41-44(36,37)42-12-16-6-7-18(40-16)31-13-27-19-20(31)28-23(25)29-21(19)33/h13-16,18,42H,4-12H2,1-3H3,(H,26,32)(H,30,35)(H,36,37)(H3,25,28,29,33)/t14-,16-,18+,43?/m0/s1. The van der Waals surface area contributed by atoms with E-state index in [4.69, 9.17) is 35.6 Å². The van der Waals surface area contributed by atoms with Crippen molar-refractivity contribution in [3.05, 3.63) is 16.7 Å². The number of amides is 1. The number of carbonyl (C=O) groups excluding carboxylic acids is 2. The summed E-state index contributed by atoms with van der Waals surface area (Å²) >= 11 is 5.45. The van der Waals surface area contributed by atoms with E-state index in [-0.39, 0.29) is 54.8 Å². The van der Waals surface area contributed by atoms with E-state index in [1.807, 2.05) is 13.8 Å². The van der Waals surface area contributed by atoms with Crippen molar-refractivity contribution in [2.45, 2.75) is 64.8 Å². The number of rotatable bonds is 18. The highest BCUT2D eigenvalue weighted by Crippen LogP contribution is 2.70. The maximum atomic E-state index is 13.6. The maximum Gasteiger partial charge on any atom is 0.413 e. The van der Waals surface area contributed by atoms with Crippen LogP contribution in [0.15, 0.2) is 11.1 Å². The molecule has 248 valence electrons. The fraction of sp³-hybridized carbons (Fsp3) is 0.696. The smallest absolute Gasteiger partial charge is 0.413 e. The van der Waals surface area contributed by atoms with Crippen LogP contribution in [0.25, 0.3) is 11.2 Å². The number of H-pyrrole nitrogens is 1. The topological polar surface area (TPSA) is 239 Å². The molecule has 3 heterocycles. The summed E-state index contributed by atoms with van der Waals surface area (Å²) in [6.07, 6.45) is 3.06. The van der Waals surface area contributed by atoms with Gasteiger partial charge in [0, 0.05) is 21.0 Å². The molecule has 17 nitrogen and oxygen atoms in total. The molecule has 0 aromatic carbocycles. The Kier molecular flexibility index (Phi) is 13.8. The number of aromatic amines is 1. The fourth-order valence-corrected chi connectivity index (χ4v) is 10.6. The van der Waals surface area contributed by atoms with Gasteiger partial charge in [0.25, 0.3) is 5.56 Å². The van der Waals surface area contributed by atoms with E-state index in [1.54, 1.807) is 4.57 Å². The Morgan fingerprint density at radius 2 is 2.07 bits per heavy atom. The summed E-state index contributed by atoms with van der Waals surface area (Å²) in [4.78, 5) is 57.3. The van der Waals surface area contributed by atoms with Crippen LogP contribution in [0, 0.1) is 5.92 Å². The van der Waals surface area contributed by atoms with E-state index in [2.05, 4.69) is 25.4 Å². The van der Waals surface area contributed by atoms with Crippen LogP contribution >= 0.6 is 34.9 Å². The number of alkyl halides is 1. The lowest BCUT2D eigenvalue weighted by Gasteiger charge is -2.25. The number of nitrogens with two attached hydrogens (primary N) is 1. The van der Waals surface area contributed by atoms with Crippen LogP contribution in [0.1, 0.15) is 52.7 Å². The van der Waals surface area contributed by atoms with Gasteiger partial charge in [-0.3, -0.25) is 33.0 Å². The zero-order chi connectivity index (χ0) is 32.5. The molecule has 44 heavy (non-hydrogen) atoms. The summed E-state index contributed by atoms with van der Waals surface area (Å²) in [5.41, 5.74) is 5.51. The maximum absolute atomic E-state index is 13.6. The molecular formula is C23H39ClN7O10P3. The van der Waals surface area contributed by atoms with Crippen LogP contribution < -0.4 is 21.7 Å². The van der Waals surface area contributed by atoms with Gasteiger partial charge in [-0.05, 0) is 25.7 Å². The first-order valence-electron chi connectivity index (χ1n) is 14.0. The number of carbonyl (C=O) groups is 2. The monoisotopic (exact) mass is 701 g/mol. The predicted molar refractivity (Wildman–Crippen MR) is 165 cm³/mol. The Morgan fingerprint density at radius 1 is 1.34 bits per heavy atom. The van der Waals surface area contributed by atoms with E-state index in [1.165, 1.54) is 13.3 Å². The Hall–Kier alpha value is -1.93. The zero-order valence-corrected chi connectivity index (χ0v) is 28.1. The second-order valence-corrected chi connectivity index (χ2v) is 16.8. The average molecular weight is 702 g/mol. The number of fused-ring (bicyclic) bond motifs is 1. The van der Waals surface area contributed by atoms with E-state index < -0.39 is 59.1 Å². The van der Waals surface area contributed by atoms with Gasteiger partial charge in [0.15, 0.2) is 11.2 Å². The summed E-state index contributed by atoms with van der Waals surface area (Å²) in [6, 6.07) is -1.21. The number of hydrogen-bond acceptors (Lipinski definition) is 12. The van der Waals surface area contributed by atoms with Gasteiger partial charge < -0.3 is 25.4 Å². The van der Waals surface area contributed by atoms with Crippen LogP contribution in [0.2, 0.25) is 0 Å². The highest BCUT2D eigenvalue weighted by molar-refractivity contribution is 8.20. The molecule has 0 aliphatic carbocycles. The third kappa shape index (κ3) is 10.6. The lowest BCUT2D eigenvalue weighted by atomic mass is 10.1. The van der Waals surface area contributed by atoms with Crippen molar-refractivity contribution >= 4 is 63.9 Å². The van der Waals surface area contributed by atoms with Crippen molar-refractivity contribution in [1.82, 2.24) is 29.9 Å². The van der Waals surface area contributed by atoms with Crippen molar-refractivity contribution in [2.75, 3.05) is 37.5 Å². The molecule has 1 aliphatic rings. The van der Waals surface area contributed by atoms with E-state index in [9.17, 15) is 28.4 Å². The number of esters is 1. The van der Waals surface area contributed by atoms with Gasteiger partial charge in [-0.1, -0.05) is 26.7 Å². The molecule has 1 saturated heterocycles. The van der Waals surface area contributed by atoms with Gasteiger partial charge in [0.2, 0.25) is 11.9 Å². The largest absolute Gasteiger partial charge is 0.464 e. The number of ether oxygens (including phenoxy) is 2. The molecule has 2 aromatic rings. The van der Waals surface area contributed by atoms with E-state index in [0.717, 1.165) is 12.8 Å². The van der Waals surface area contributed by atoms with Gasteiger partial charge in [0.05, 0.1) is 25.6 Å². The predicted octanol–water partition coefficient (Wildman–Crippen LogP) is 2.61. The van der Waals surface area contributed by atoms with Crippen molar-refractivity contribution in [2.24, 2.45) is 5.92 Å². The van der Waals surface area contributed by atoms with Gasteiger partial charge in [-0.25, -0.2) is 18.9 Å². The highest BCUT2D eigenvalue weighted by Gasteiger charge is 2.39. The summed E-state index contributed by atoms with van der Waals surface area (Å²) in [5, 5.41) is 4.78. The van der Waals surface area contributed by atoms with Gasteiger partial charge in [-0.15, -0.1) is 11.6 Å². The highest BCUT2D eigenvalue weighted by atomic mass is 35.5. The quantitative estimate of drug-likeness (QED) is 0.0650. The molecule has 21 heteroatoms. The lowest BCUT2D eigenvalue weighted by Crippen LogP contribution is -2.35. The minimum atomic E-state index is -4.58. The number of nitrogen functional groups attached to an aromatic ring is 1. The Morgan fingerprint density at radius 3 is 2.75 bits per heavy atom. The number of anilines is 1. The van der Waals surface area contributed by atoms with Gasteiger partial charge >= 0.3 is 21.0 Å². The Balaban J connectivity index is 1.62. The average Bonchev–Trinajstić information content (AvgIpc) is 3.61. The summed E-state index contributed by atoms with van der Waals surface area (Å²) in [5.74, 6) is -1.48. The molecule has 2 aromatic heterocycles. The first-order valence-corrected chi connectivity index (χ1v) is 19.7. The number of nitrogens with zero attached hydrogens (tertiary/aromatic N) is 3. The van der Waals surface area contributed by atoms with Crippen molar-refractivity contribution in [3.8, 4) is 0 Å². The summed E-state index contributed by atoms with van der Waals surface area (Å²) < 4.78 is 50.0. The molecule has 6 N–H and O–H groups in total. The number of nitrogens with one attached hydrogen (secondary N) is 3. The van der Waals surface area contributed by atoms with Crippen LogP contribution in [0.3, 0.4) is 0 Å². The Bertz CT molecular complexity index is 1440. The van der Waals surface area contributed by atoms with Gasteiger partial charge in [-0.2, -0.15) is 4.98 Å². The number of hydrogen-bond donors (Lipinski definition) is 5. The lowest BCUT2D eigenvalue weighted by molar-refractivity contribution is -0.146. The molecule has 0 bridgehead atoms. The van der Waals surface area contributed by atoms with Crippen LogP contribution in [-0.2, 0) is 37.0 Å². The summed E-state index contributed by atoms with van der Waals surface area (Å²) in [7, 11) is -9.89. The second-order valence-electron chi connectivity index (χ2n) is 10.0. The van der Waals surface area contributed by atoms with E-state index in [0.29, 0.717) is 12.8 Å². The first kappa shape index (κ1) is 36.5. The molecule has 0 radical (unpaired) electrons. The molecule has 0 saturated carbocycles. The third-order valence-corrected chi connectivity index (χ3v) is 13.4. The van der Waals surface area contributed by atoms with Crippen molar-refractivity contribution in [1.29, 1.82) is 0 Å². The molecule has 3 rings (SSSR count). The number of imidazole rings is 1. The molecule has 3 unspecified atom stereocenters. The minimum Gasteiger partial charge on any atom is -0.464 e. The second kappa shape index (κ2) is 16.6. The number of aromatic nitrogens is 4. The van der Waals surface area contributed by atoms with Crippen LogP contribution in [-0.4, -0.2) is 80.2 Å². The van der Waals surface area contributed by atoms with Crippen molar-refractivity contribution < 1.29 is 41.9 Å². The first-order chi connectivity index (χ1) is 20.8. The minimum absolute atomic E-state index is 0.0750. The summed E-state index contributed by atoms with van der Waals surface area (Å²) in [6.45, 7) is 4.95. The number of halogens is 1. The van der Waals surface area contributed by atoms with Crippen LogP contribution in [0.4, 0.5) is 5.95 Å². The molecule has 6 atom stereocenters. The molecule has 0 spiro atoms. The SMILES string of the molecule is CCC(CC)COC(=O)[C@H](C)NP(=O)(OCCNC(=O)CCl)OP(=O)(O)PC[C@@H]1CC[C@H](n2cnc3c(=O)[nH]c(N)nc32)O1. The zero-order valence-electron chi connectivity index (χ0n) is 24.6. The molecular weight excluding hydrogens is 663 g/mol. The fourth-order valence-electron chi connectivity index (χ4n) is 4.21. The van der Waals surface area contributed by atoms with E-state index >= 15 is 0 Å². The molecule has 1 fully saturated rings. The van der Waals surface area contributed by atoms with Crippen LogP contribution in [0.5, 0.6) is 0 Å². The van der Waals surface area contributed by atoms with Crippen molar-refractivity contribution in [3.63, 3.8) is 0 Å². The normalized spacial score (nSPS) is 20.6. The third-order valence-electron chi connectivity index (χ3n) is 6.71. The molecule has 1 amide bonds. The molecule has 1 aliphatic heterocycles. The van der Waals surface area contributed by atoms with Gasteiger partial charge in [0.1, 0.15) is 18.1 Å². The Labute approximate surface area is 260 Å².